The Balaban J connectivity index is 1.71. The zero-order valence-electron chi connectivity index (χ0n) is 18.2. The third-order valence-corrected chi connectivity index (χ3v) is 5.88. The van der Waals surface area contributed by atoms with Crippen LogP contribution in [0.5, 0.6) is 5.75 Å². The van der Waals surface area contributed by atoms with Crippen molar-refractivity contribution in [2.45, 2.75) is 26.8 Å². The first-order valence-corrected chi connectivity index (χ1v) is 11.2. The molecule has 3 heterocycles. The summed E-state index contributed by atoms with van der Waals surface area (Å²) >= 11 is 1.53. The van der Waals surface area contributed by atoms with E-state index < -0.39 is 0 Å². The quantitative estimate of drug-likeness (QED) is 0.336. The van der Waals surface area contributed by atoms with Crippen LogP contribution in [-0.4, -0.2) is 17.5 Å². The number of aryl methyl sites for hydroxylation is 2. The molecule has 0 unspecified atom stereocenters. The third kappa shape index (κ3) is 5.00. The predicted octanol–water partition coefficient (Wildman–Crippen LogP) is 6.21. The molecule has 7 heteroatoms. The minimum absolute atomic E-state index is 0.225. The van der Waals surface area contributed by atoms with Gasteiger partial charge < -0.3 is 19.8 Å². The van der Waals surface area contributed by atoms with Gasteiger partial charge in [-0.2, -0.15) is 0 Å². The smallest absolute Gasteiger partial charge is 0.291 e. The fourth-order valence-corrected chi connectivity index (χ4v) is 4.39. The lowest BCUT2D eigenvalue weighted by molar-refractivity contribution is 0.0997. The number of benzene rings is 1. The Morgan fingerprint density at radius 1 is 1.16 bits per heavy atom. The number of amides is 1. The largest absolute Gasteiger partial charge is 0.494 e. The zero-order chi connectivity index (χ0) is 22.5. The molecular formula is C25H25N3O3S. The third-order valence-electron chi connectivity index (χ3n) is 4.90. The van der Waals surface area contributed by atoms with Crippen LogP contribution in [0.15, 0.2) is 71.5 Å². The van der Waals surface area contributed by atoms with E-state index in [-0.39, 0.29) is 17.7 Å². The van der Waals surface area contributed by atoms with Crippen molar-refractivity contribution in [2.24, 2.45) is 0 Å². The van der Waals surface area contributed by atoms with Crippen LogP contribution < -0.4 is 15.4 Å². The Morgan fingerprint density at radius 3 is 2.66 bits per heavy atom. The summed E-state index contributed by atoms with van der Waals surface area (Å²) in [4.78, 5) is 18.2. The van der Waals surface area contributed by atoms with Gasteiger partial charge in [-0.25, -0.2) is 4.98 Å². The monoisotopic (exact) mass is 447 g/mol. The number of carbonyl (C=O) groups is 1. The standard InChI is InChI=1S/C25H25N3O3S/c1-4-30-19-9-7-18(8-10-19)23(27-22-14-16(2)11-12-26-22)20-15-17(3)32-25(20)28-24(29)21-6-5-13-31-21/h5-15,23H,4H2,1-3H3,(H,26,27)(H,28,29)/t23-/m1/s1. The van der Waals surface area contributed by atoms with Gasteiger partial charge in [0.2, 0.25) is 0 Å². The summed E-state index contributed by atoms with van der Waals surface area (Å²) in [5.74, 6) is 1.57. The van der Waals surface area contributed by atoms with E-state index in [1.54, 1.807) is 18.3 Å². The van der Waals surface area contributed by atoms with Crippen LogP contribution in [0.25, 0.3) is 0 Å². The van der Waals surface area contributed by atoms with Crippen molar-refractivity contribution in [3.05, 3.63) is 94.4 Å². The van der Waals surface area contributed by atoms with Gasteiger partial charge in [0, 0.05) is 16.6 Å². The molecule has 6 nitrogen and oxygen atoms in total. The Labute approximate surface area is 191 Å². The van der Waals surface area contributed by atoms with Crippen LogP contribution in [0.1, 0.15) is 45.1 Å². The van der Waals surface area contributed by atoms with Crippen LogP contribution in [0.2, 0.25) is 0 Å². The first-order valence-electron chi connectivity index (χ1n) is 10.4. The number of aromatic nitrogens is 1. The van der Waals surface area contributed by atoms with Crippen LogP contribution in [0.4, 0.5) is 10.8 Å². The van der Waals surface area contributed by atoms with Gasteiger partial charge in [-0.1, -0.05) is 12.1 Å². The fraction of sp³-hybridized carbons (Fsp3) is 0.200. The number of rotatable bonds is 8. The van der Waals surface area contributed by atoms with E-state index in [1.165, 1.54) is 17.6 Å². The van der Waals surface area contributed by atoms with E-state index in [2.05, 4.69) is 21.7 Å². The minimum atomic E-state index is -0.280. The average Bonchev–Trinajstić information content (AvgIpc) is 3.43. The second kappa shape index (κ2) is 9.70. The van der Waals surface area contributed by atoms with Crippen LogP contribution >= 0.6 is 11.3 Å². The lowest BCUT2D eigenvalue weighted by Gasteiger charge is -2.21. The van der Waals surface area contributed by atoms with Crippen molar-refractivity contribution < 1.29 is 13.9 Å². The van der Waals surface area contributed by atoms with Gasteiger partial charge in [0.1, 0.15) is 16.6 Å². The Bertz CT molecular complexity index is 1180. The molecule has 0 aliphatic rings. The second-order valence-corrected chi connectivity index (χ2v) is 8.63. The molecule has 0 radical (unpaired) electrons. The fourth-order valence-electron chi connectivity index (χ4n) is 3.45. The zero-order valence-corrected chi connectivity index (χ0v) is 19.0. The summed E-state index contributed by atoms with van der Waals surface area (Å²) in [6.07, 6.45) is 3.27. The lowest BCUT2D eigenvalue weighted by atomic mass is 9.99. The maximum atomic E-state index is 12.7. The normalized spacial score (nSPS) is 11.7. The first-order chi connectivity index (χ1) is 15.5. The highest BCUT2D eigenvalue weighted by atomic mass is 32.1. The number of nitrogens with zero attached hydrogens (tertiary/aromatic N) is 1. The number of furan rings is 1. The predicted molar refractivity (Wildman–Crippen MR) is 128 cm³/mol. The SMILES string of the molecule is CCOc1ccc([C@@H](Nc2cc(C)ccn2)c2cc(C)sc2NC(=O)c2ccco2)cc1. The number of hydrogen-bond acceptors (Lipinski definition) is 6. The van der Waals surface area contributed by atoms with Gasteiger partial charge in [-0.05, 0) is 74.4 Å². The molecule has 0 bridgehead atoms. The van der Waals surface area contributed by atoms with E-state index in [1.807, 2.05) is 57.2 Å². The minimum Gasteiger partial charge on any atom is -0.494 e. The summed E-state index contributed by atoms with van der Waals surface area (Å²) < 4.78 is 10.9. The highest BCUT2D eigenvalue weighted by molar-refractivity contribution is 7.16. The molecule has 1 amide bonds. The van der Waals surface area contributed by atoms with Crippen LogP contribution in [0.3, 0.4) is 0 Å². The Morgan fingerprint density at radius 2 is 1.97 bits per heavy atom. The van der Waals surface area contributed by atoms with Crippen molar-refractivity contribution in [2.75, 3.05) is 17.2 Å². The molecule has 0 aliphatic carbocycles. The summed E-state index contributed by atoms with van der Waals surface area (Å²) in [6, 6.07) is 17.1. The lowest BCUT2D eigenvalue weighted by Crippen LogP contribution is -2.17. The maximum absolute atomic E-state index is 12.7. The summed E-state index contributed by atoms with van der Waals surface area (Å²) in [7, 11) is 0. The molecule has 2 N–H and O–H groups in total. The van der Waals surface area contributed by atoms with Crippen molar-refractivity contribution >= 4 is 28.1 Å². The highest BCUT2D eigenvalue weighted by Gasteiger charge is 2.23. The number of carbonyl (C=O) groups excluding carboxylic acids is 1. The Kier molecular flexibility index (Phi) is 6.56. The van der Waals surface area contributed by atoms with Gasteiger partial charge in [0.25, 0.3) is 5.91 Å². The van der Waals surface area contributed by atoms with Gasteiger partial charge in [-0.3, -0.25) is 4.79 Å². The van der Waals surface area contributed by atoms with Crippen LogP contribution in [0, 0.1) is 13.8 Å². The molecule has 0 saturated carbocycles. The molecule has 0 spiro atoms. The molecule has 0 saturated heterocycles. The molecule has 1 atom stereocenters. The van der Waals surface area contributed by atoms with E-state index in [4.69, 9.17) is 9.15 Å². The number of thiophene rings is 1. The van der Waals surface area contributed by atoms with Gasteiger partial charge in [0.05, 0.1) is 18.9 Å². The van der Waals surface area contributed by atoms with Crippen molar-refractivity contribution in [3.8, 4) is 5.75 Å². The van der Waals surface area contributed by atoms with E-state index in [9.17, 15) is 4.79 Å². The second-order valence-electron chi connectivity index (χ2n) is 7.37. The van der Waals surface area contributed by atoms with Crippen molar-refractivity contribution in [1.82, 2.24) is 4.98 Å². The number of hydrogen-bond donors (Lipinski definition) is 2. The van der Waals surface area contributed by atoms with Gasteiger partial charge in [0.15, 0.2) is 5.76 Å². The maximum Gasteiger partial charge on any atom is 0.291 e. The van der Waals surface area contributed by atoms with E-state index in [0.29, 0.717) is 6.61 Å². The van der Waals surface area contributed by atoms with Crippen LogP contribution in [-0.2, 0) is 0 Å². The van der Waals surface area contributed by atoms with E-state index in [0.717, 1.165) is 38.1 Å². The summed E-state index contributed by atoms with van der Waals surface area (Å²) in [5.41, 5.74) is 3.10. The number of ether oxygens (including phenoxy) is 1. The summed E-state index contributed by atoms with van der Waals surface area (Å²) in [6.45, 7) is 6.63. The molecule has 0 fully saturated rings. The molecule has 3 aromatic heterocycles. The molecule has 164 valence electrons. The summed E-state index contributed by atoms with van der Waals surface area (Å²) in [5, 5.41) is 7.33. The highest BCUT2D eigenvalue weighted by Crippen LogP contribution is 2.38. The van der Waals surface area contributed by atoms with Gasteiger partial charge in [-0.15, -0.1) is 11.3 Å². The Hall–Kier alpha value is -3.58. The molecule has 4 aromatic rings. The molecule has 32 heavy (non-hydrogen) atoms. The number of anilines is 2. The van der Waals surface area contributed by atoms with E-state index >= 15 is 0 Å². The average molecular weight is 448 g/mol. The molecular weight excluding hydrogens is 422 g/mol. The molecule has 1 aromatic carbocycles. The van der Waals surface area contributed by atoms with Gasteiger partial charge >= 0.3 is 0 Å². The molecule has 0 aliphatic heterocycles. The van der Waals surface area contributed by atoms with Crippen molar-refractivity contribution in [3.63, 3.8) is 0 Å². The topological polar surface area (TPSA) is 76.4 Å². The molecule has 4 rings (SSSR count). The van der Waals surface area contributed by atoms with Crippen molar-refractivity contribution in [1.29, 1.82) is 0 Å². The first kappa shape index (κ1) is 21.6. The number of nitrogens with one attached hydrogen (secondary N) is 2. The number of pyridine rings is 1.